The largest absolute Gasteiger partial charge is 0.440 e. The zero-order chi connectivity index (χ0) is 14.1. The number of carbonyl (C=O) groups is 1. The molecular weight excluding hydrogens is 294 g/mol. The summed E-state index contributed by atoms with van der Waals surface area (Å²) in [6.45, 7) is 0.0404. The Morgan fingerprint density at radius 3 is 2.68 bits per heavy atom. The average Bonchev–Trinajstić information content (AvgIpc) is 2.93. The Morgan fingerprint density at radius 2 is 2.16 bits per heavy atom. The van der Waals surface area contributed by atoms with Crippen molar-refractivity contribution in [2.45, 2.75) is 11.5 Å². The number of nitrogens with one attached hydrogen (secondary N) is 1. The summed E-state index contributed by atoms with van der Waals surface area (Å²) >= 11 is 0. The summed E-state index contributed by atoms with van der Waals surface area (Å²) in [5.41, 5.74) is 0. The van der Waals surface area contributed by atoms with E-state index in [-0.39, 0.29) is 34.8 Å². The smallest absolute Gasteiger partial charge is 0.273 e. The molecular formula is C10H13NO6S2. The van der Waals surface area contributed by atoms with Gasteiger partial charge >= 0.3 is 0 Å². The quantitative estimate of drug-likeness (QED) is 0.755. The van der Waals surface area contributed by atoms with Gasteiger partial charge in [-0.2, -0.15) is 0 Å². The third-order valence-corrected chi connectivity index (χ3v) is 6.00. The normalized spacial score (nSPS) is 22.4. The number of hydrogen-bond donors (Lipinski definition) is 1. The maximum absolute atomic E-state index is 11.8. The Kier molecular flexibility index (Phi) is 3.79. The number of carbonyl (C=O) groups excluding carboxylic acids is 1. The van der Waals surface area contributed by atoms with Crippen molar-refractivity contribution in [3.05, 3.63) is 17.9 Å². The van der Waals surface area contributed by atoms with E-state index in [1.807, 2.05) is 0 Å². The number of sulfonamides is 1. The van der Waals surface area contributed by atoms with Crippen LogP contribution in [0.1, 0.15) is 17.0 Å². The van der Waals surface area contributed by atoms with Crippen LogP contribution in [0.2, 0.25) is 0 Å². The van der Waals surface area contributed by atoms with Crippen LogP contribution in [-0.2, 0) is 19.9 Å². The van der Waals surface area contributed by atoms with Gasteiger partial charge in [0.15, 0.2) is 21.9 Å². The van der Waals surface area contributed by atoms with Crippen LogP contribution in [0.15, 0.2) is 21.6 Å². The number of sulfone groups is 1. The first-order valence-electron chi connectivity index (χ1n) is 5.57. The molecule has 1 unspecified atom stereocenters. The Morgan fingerprint density at radius 1 is 1.42 bits per heavy atom. The van der Waals surface area contributed by atoms with Gasteiger partial charge in [-0.05, 0) is 24.5 Å². The molecule has 0 aliphatic carbocycles. The van der Waals surface area contributed by atoms with Crippen LogP contribution in [0.25, 0.3) is 0 Å². The van der Waals surface area contributed by atoms with E-state index >= 15 is 0 Å². The lowest BCUT2D eigenvalue weighted by Crippen LogP contribution is -2.29. The molecule has 1 aliphatic rings. The molecule has 19 heavy (non-hydrogen) atoms. The molecule has 1 atom stereocenters. The minimum atomic E-state index is -3.84. The summed E-state index contributed by atoms with van der Waals surface area (Å²) in [4.78, 5) is 10.4. The molecule has 1 saturated heterocycles. The van der Waals surface area contributed by atoms with E-state index in [2.05, 4.69) is 4.72 Å². The second-order valence-corrected chi connectivity index (χ2v) is 8.32. The number of hydrogen-bond acceptors (Lipinski definition) is 6. The van der Waals surface area contributed by atoms with E-state index in [1.165, 1.54) is 12.1 Å². The van der Waals surface area contributed by atoms with Crippen LogP contribution in [0.4, 0.5) is 0 Å². The maximum Gasteiger partial charge on any atom is 0.273 e. The summed E-state index contributed by atoms with van der Waals surface area (Å²) in [6.07, 6.45) is 0.852. The van der Waals surface area contributed by atoms with Crippen molar-refractivity contribution in [2.24, 2.45) is 5.92 Å². The molecule has 7 nitrogen and oxygen atoms in total. The fourth-order valence-electron chi connectivity index (χ4n) is 1.87. The van der Waals surface area contributed by atoms with Gasteiger partial charge in [-0.3, -0.25) is 4.79 Å². The molecule has 1 N–H and O–H groups in total. The maximum atomic E-state index is 11.8. The summed E-state index contributed by atoms with van der Waals surface area (Å²) < 4.78 is 53.2. The van der Waals surface area contributed by atoms with E-state index in [1.54, 1.807) is 0 Å². The van der Waals surface area contributed by atoms with Crippen LogP contribution < -0.4 is 4.72 Å². The molecule has 1 fully saturated rings. The van der Waals surface area contributed by atoms with Gasteiger partial charge in [-0.25, -0.2) is 21.6 Å². The second kappa shape index (κ2) is 5.06. The van der Waals surface area contributed by atoms with Gasteiger partial charge in [0.25, 0.3) is 10.0 Å². The first kappa shape index (κ1) is 14.2. The van der Waals surface area contributed by atoms with Crippen LogP contribution in [0.3, 0.4) is 0 Å². The van der Waals surface area contributed by atoms with Crippen molar-refractivity contribution in [2.75, 3.05) is 18.1 Å². The second-order valence-electron chi connectivity index (χ2n) is 4.40. The number of furan rings is 1. The molecule has 0 bridgehead atoms. The molecule has 0 radical (unpaired) electrons. The minimum absolute atomic E-state index is 0.00668. The average molecular weight is 307 g/mol. The number of aldehydes is 1. The standard InChI is InChI=1S/C10H13NO6S2/c12-6-9-1-2-10(17-9)19(15,16)11-5-8-3-4-18(13,14)7-8/h1-2,6,8,11H,3-5,7H2. The van der Waals surface area contributed by atoms with Crippen molar-refractivity contribution in [1.82, 2.24) is 4.72 Å². The predicted molar refractivity (Wildman–Crippen MR) is 66.0 cm³/mol. The molecule has 2 heterocycles. The van der Waals surface area contributed by atoms with E-state index < -0.39 is 19.9 Å². The topological polar surface area (TPSA) is 111 Å². The lowest BCUT2D eigenvalue weighted by molar-refractivity contribution is 0.109. The molecule has 2 rings (SSSR count). The van der Waals surface area contributed by atoms with Crippen molar-refractivity contribution in [3.63, 3.8) is 0 Å². The fourth-order valence-corrected chi connectivity index (χ4v) is 4.79. The van der Waals surface area contributed by atoms with Gasteiger partial charge in [0.2, 0.25) is 5.09 Å². The van der Waals surface area contributed by atoms with Gasteiger partial charge < -0.3 is 4.42 Å². The molecule has 1 aliphatic heterocycles. The van der Waals surface area contributed by atoms with Gasteiger partial charge in [0.1, 0.15) is 0 Å². The molecule has 106 valence electrons. The van der Waals surface area contributed by atoms with Crippen molar-refractivity contribution < 1.29 is 26.0 Å². The van der Waals surface area contributed by atoms with Gasteiger partial charge in [-0.15, -0.1) is 0 Å². The summed E-state index contributed by atoms with van der Waals surface area (Å²) in [6, 6.07) is 2.43. The third-order valence-electron chi connectivity index (χ3n) is 2.87. The molecule has 9 heteroatoms. The highest BCUT2D eigenvalue weighted by Gasteiger charge is 2.29. The predicted octanol–water partition coefficient (Wildman–Crippen LogP) is -0.195. The lowest BCUT2D eigenvalue weighted by atomic mass is 10.1. The molecule has 1 aromatic rings. The van der Waals surface area contributed by atoms with Gasteiger partial charge in [0, 0.05) is 6.54 Å². The highest BCUT2D eigenvalue weighted by molar-refractivity contribution is 7.91. The van der Waals surface area contributed by atoms with Crippen LogP contribution in [0.5, 0.6) is 0 Å². The molecule has 1 aromatic heterocycles. The van der Waals surface area contributed by atoms with E-state index in [0.717, 1.165) is 0 Å². The van der Waals surface area contributed by atoms with Crippen molar-refractivity contribution in [1.29, 1.82) is 0 Å². The van der Waals surface area contributed by atoms with Crippen molar-refractivity contribution in [3.8, 4) is 0 Å². The summed E-state index contributed by atoms with van der Waals surface area (Å²) in [5.74, 6) is -0.216. The highest BCUT2D eigenvalue weighted by Crippen LogP contribution is 2.19. The summed E-state index contributed by atoms with van der Waals surface area (Å²) in [7, 11) is -6.88. The third kappa shape index (κ3) is 3.43. The van der Waals surface area contributed by atoms with Crippen LogP contribution in [-0.4, -0.2) is 41.2 Å². The molecule has 0 aromatic carbocycles. The lowest BCUT2D eigenvalue weighted by Gasteiger charge is -2.08. The van der Waals surface area contributed by atoms with Gasteiger partial charge in [0.05, 0.1) is 11.5 Å². The van der Waals surface area contributed by atoms with Gasteiger partial charge in [-0.1, -0.05) is 0 Å². The van der Waals surface area contributed by atoms with E-state index in [9.17, 15) is 21.6 Å². The summed E-state index contributed by atoms with van der Waals surface area (Å²) in [5, 5.41) is -0.351. The zero-order valence-corrected chi connectivity index (χ0v) is 11.5. The Bertz CT molecular complexity index is 673. The zero-order valence-electron chi connectivity index (χ0n) is 9.90. The molecule has 0 saturated carbocycles. The number of rotatable bonds is 5. The fraction of sp³-hybridized carbons (Fsp3) is 0.500. The van der Waals surface area contributed by atoms with Crippen molar-refractivity contribution >= 4 is 26.1 Å². The van der Waals surface area contributed by atoms with E-state index in [4.69, 9.17) is 4.42 Å². The SMILES string of the molecule is O=Cc1ccc(S(=O)(=O)NCC2CCS(=O)(=O)C2)o1. The Labute approximate surface area is 111 Å². The minimum Gasteiger partial charge on any atom is -0.440 e. The monoisotopic (exact) mass is 307 g/mol. The Hall–Kier alpha value is -1.19. The van der Waals surface area contributed by atoms with Crippen LogP contribution >= 0.6 is 0 Å². The Balaban J connectivity index is 2.00. The van der Waals surface area contributed by atoms with Crippen LogP contribution in [0, 0.1) is 5.92 Å². The molecule has 0 amide bonds. The first-order chi connectivity index (χ1) is 8.82. The van der Waals surface area contributed by atoms with E-state index in [0.29, 0.717) is 12.7 Å². The molecule has 0 spiro atoms. The first-order valence-corrected chi connectivity index (χ1v) is 8.88. The highest BCUT2D eigenvalue weighted by atomic mass is 32.2.